The van der Waals surface area contributed by atoms with E-state index in [2.05, 4.69) is 0 Å². The molecule has 0 radical (unpaired) electrons. The summed E-state index contributed by atoms with van der Waals surface area (Å²) >= 11 is 0. The van der Waals surface area contributed by atoms with Crippen molar-refractivity contribution < 1.29 is 17.7 Å². The summed E-state index contributed by atoms with van der Waals surface area (Å²) in [6.07, 6.45) is 0. The zero-order valence-electron chi connectivity index (χ0n) is 7.60. The highest BCUT2D eigenvalue weighted by atomic mass is 32.2. The normalized spacial score (nSPS) is 11.0. The Morgan fingerprint density at radius 1 is 1.50 bits per heavy atom. The number of benzene rings is 1. The molecule has 0 aromatic heterocycles. The van der Waals surface area contributed by atoms with Gasteiger partial charge in [-0.1, -0.05) is 6.07 Å². The van der Waals surface area contributed by atoms with Crippen LogP contribution in [0.1, 0.15) is 6.92 Å². The third kappa shape index (κ3) is 3.63. The van der Waals surface area contributed by atoms with Gasteiger partial charge in [0.1, 0.15) is 5.75 Å². The quantitative estimate of drug-likeness (QED) is 0.745. The molecule has 0 amide bonds. The minimum Gasteiger partial charge on any atom is -0.494 e. The Hall–Kier alpha value is -1.27. The molecule has 0 saturated heterocycles. The molecule has 0 heterocycles. The molecule has 0 saturated carbocycles. The zero-order valence-corrected chi connectivity index (χ0v) is 8.41. The van der Waals surface area contributed by atoms with E-state index in [1.807, 2.05) is 11.6 Å². The summed E-state index contributed by atoms with van der Waals surface area (Å²) in [5.41, 5.74) is 0.262. The summed E-state index contributed by atoms with van der Waals surface area (Å²) in [6.45, 7) is 2.32. The maximum absolute atomic E-state index is 10.5. The van der Waals surface area contributed by atoms with Gasteiger partial charge in [0, 0.05) is 6.07 Å². The molecule has 6 heteroatoms. The molecule has 0 atom stereocenters. The highest BCUT2D eigenvalue weighted by Crippen LogP contribution is 2.17. The largest absolute Gasteiger partial charge is 0.494 e. The van der Waals surface area contributed by atoms with E-state index < -0.39 is 10.3 Å². The van der Waals surface area contributed by atoms with Crippen LogP contribution in [0.4, 0.5) is 5.69 Å². The Balaban J connectivity index is 2.83. The number of ether oxygens (including phenoxy) is 1. The van der Waals surface area contributed by atoms with E-state index in [0.29, 0.717) is 12.4 Å². The van der Waals surface area contributed by atoms with E-state index in [9.17, 15) is 8.42 Å². The van der Waals surface area contributed by atoms with Crippen LogP contribution >= 0.6 is 0 Å². The summed E-state index contributed by atoms with van der Waals surface area (Å²) in [5.74, 6) is 0.543. The van der Waals surface area contributed by atoms with Crippen molar-refractivity contribution in [3.8, 4) is 5.75 Å². The van der Waals surface area contributed by atoms with Crippen molar-refractivity contribution in [2.24, 2.45) is 0 Å². The van der Waals surface area contributed by atoms with E-state index >= 15 is 0 Å². The molecular formula is C8H11NO4S. The van der Waals surface area contributed by atoms with Crippen LogP contribution in [0.5, 0.6) is 5.75 Å². The van der Waals surface area contributed by atoms with Gasteiger partial charge in [-0.15, -0.1) is 0 Å². The van der Waals surface area contributed by atoms with Gasteiger partial charge in [0.05, 0.1) is 12.3 Å². The first-order chi connectivity index (χ1) is 6.51. The van der Waals surface area contributed by atoms with Gasteiger partial charge in [-0.25, -0.2) is 0 Å². The van der Waals surface area contributed by atoms with Gasteiger partial charge >= 0.3 is 10.3 Å². The van der Waals surface area contributed by atoms with Crippen LogP contribution in [-0.4, -0.2) is 19.6 Å². The molecule has 2 N–H and O–H groups in total. The maximum atomic E-state index is 10.5. The summed E-state index contributed by atoms with van der Waals surface area (Å²) in [4.78, 5) is 0. The Morgan fingerprint density at radius 3 is 2.79 bits per heavy atom. The topological polar surface area (TPSA) is 75.6 Å². The van der Waals surface area contributed by atoms with Gasteiger partial charge in [0.2, 0.25) is 0 Å². The van der Waals surface area contributed by atoms with Gasteiger partial charge in [-0.05, 0) is 19.1 Å². The highest BCUT2D eigenvalue weighted by molar-refractivity contribution is 7.87. The lowest BCUT2D eigenvalue weighted by Crippen LogP contribution is -2.10. The first-order valence-corrected chi connectivity index (χ1v) is 5.43. The SMILES string of the molecule is CCOc1cccc(NS(=O)(=O)O)c1. The minimum absolute atomic E-state index is 0.262. The Bertz CT molecular complexity index is 402. The van der Waals surface area contributed by atoms with Gasteiger partial charge in [-0.3, -0.25) is 9.27 Å². The fraction of sp³-hybridized carbons (Fsp3) is 0.250. The Morgan fingerprint density at radius 2 is 2.21 bits per heavy atom. The number of hydrogen-bond acceptors (Lipinski definition) is 3. The molecule has 0 fully saturated rings. The number of hydrogen-bond donors (Lipinski definition) is 2. The lowest BCUT2D eigenvalue weighted by Gasteiger charge is -2.05. The summed E-state index contributed by atoms with van der Waals surface area (Å²) in [6, 6.07) is 6.31. The molecule has 1 rings (SSSR count). The van der Waals surface area contributed by atoms with Crippen LogP contribution in [0.25, 0.3) is 0 Å². The van der Waals surface area contributed by atoms with Crippen molar-refractivity contribution in [3.05, 3.63) is 24.3 Å². The molecule has 0 spiro atoms. The van der Waals surface area contributed by atoms with Gasteiger partial charge < -0.3 is 4.74 Å². The second kappa shape index (κ2) is 4.30. The van der Waals surface area contributed by atoms with E-state index in [4.69, 9.17) is 9.29 Å². The third-order valence-corrected chi connectivity index (χ3v) is 1.89. The standard InChI is InChI=1S/C8H11NO4S/c1-2-13-8-5-3-4-7(6-8)9-14(10,11)12/h3-6,9H,2H2,1H3,(H,10,11,12). The molecule has 0 aliphatic heterocycles. The Labute approximate surface area is 82.6 Å². The molecule has 1 aromatic rings. The Kier molecular flexibility index (Phi) is 3.32. The second-order valence-electron chi connectivity index (χ2n) is 2.54. The minimum atomic E-state index is -4.21. The average molecular weight is 217 g/mol. The van der Waals surface area contributed by atoms with Gasteiger partial charge in [-0.2, -0.15) is 8.42 Å². The van der Waals surface area contributed by atoms with Gasteiger partial charge in [0.25, 0.3) is 0 Å². The predicted molar refractivity (Wildman–Crippen MR) is 52.8 cm³/mol. The van der Waals surface area contributed by atoms with Crippen molar-refractivity contribution >= 4 is 16.0 Å². The van der Waals surface area contributed by atoms with Crippen LogP contribution in [0.2, 0.25) is 0 Å². The third-order valence-electron chi connectivity index (χ3n) is 1.39. The number of nitrogens with one attached hydrogen (secondary N) is 1. The van der Waals surface area contributed by atoms with Crippen LogP contribution in [0, 0.1) is 0 Å². The fourth-order valence-corrected chi connectivity index (χ4v) is 1.39. The molecule has 78 valence electrons. The van der Waals surface area contributed by atoms with E-state index in [1.165, 1.54) is 12.1 Å². The maximum Gasteiger partial charge on any atom is 0.357 e. The zero-order chi connectivity index (χ0) is 10.6. The van der Waals surface area contributed by atoms with Crippen LogP contribution in [-0.2, 0) is 10.3 Å². The summed E-state index contributed by atoms with van der Waals surface area (Å²) < 4.78 is 36.5. The average Bonchev–Trinajstić information content (AvgIpc) is 2.02. The molecular weight excluding hydrogens is 206 g/mol. The molecule has 1 aromatic carbocycles. The summed E-state index contributed by atoms with van der Waals surface area (Å²) in [7, 11) is -4.21. The monoisotopic (exact) mass is 217 g/mol. The van der Waals surface area contributed by atoms with E-state index in [1.54, 1.807) is 12.1 Å². The van der Waals surface area contributed by atoms with E-state index in [-0.39, 0.29) is 5.69 Å². The van der Waals surface area contributed by atoms with Crippen LogP contribution in [0.15, 0.2) is 24.3 Å². The van der Waals surface area contributed by atoms with Crippen molar-refractivity contribution in [1.29, 1.82) is 0 Å². The number of rotatable bonds is 4. The van der Waals surface area contributed by atoms with Crippen molar-refractivity contribution in [3.63, 3.8) is 0 Å². The van der Waals surface area contributed by atoms with Crippen LogP contribution in [0.3, 0.4) is 0 Å². The highest BCUT2D eigenvalue weighted by Gasteiger charge is 2.04. The predicted octanol–water partition coefficient (Wildman–Crippen LogP) is 1.30. The molecule has 0 aliphatic rings. The molecule has 5 nitrogen and oxygen atoms in total. The molecule has 0 bridgehead atoms. The molecule has 14 heavy (non-hydrogen) atoms. The fourth-order valence-electron chi connectivity index (χ4n) is 0.965. The van der Waals surface area contributed by atoms with Crippen molar-refractivity contribution in [1.82, 2.24) is 0 Å². The molecule has 0 unspecified atom stereocenters. The van der Waals surface area contributed by atoms with Crippen molar-refractivity contribution in [2.45, 2.75) is 6.92 Å². The van der Waals surface area contributed by atoms with Crippen molar-refractivity contribution in [2.75, 3.05) is 11.3 Å². The van der Waals surface area contributed by atoms with Gasteiger partial charge in [0.15, 0.2) is 0 Å². The first-order valence-electron chi connectivity index (χ1n) is 3.99. The van der Waals surface area contributed by atoms with E-state index in [0.717, 1.165) is 0 Å². The number of anilines is 1. The second-order valence-corrected chi connectivity index (χ2v) is 3.69. The lowest BCUT2D eigenvalue weighted by molar-refractivity contribution is 0.340. The summed E-state index contributed by atoms with van der Waals surface area (Å²) in [5, 5.41) is 0. The molecule has 0 aliphatic carbocycles. The van der Waals surface area contributed by atoms with Crippen LogP contribution < -0.4 is 9.46 Å². The smallest absolute Gasteiger partial charge is 0.357 e. The lowest BCUT2D eigenvalue weighted by atomic mass is 10.3. The first kappa shape index (κ1) is 10.8.